The normalized spacial score (nSPS) is 27.2. The fraction of sp³-hybridized carbons (Fsp3) is 0.600. The predicted molar refractivity (Wildman–Crippen MR) is 98.7 cm³/mol. The zero-order chi connectivity index (χ0) is 19.6. The maximum Gasteiger partial charge on any atom is 0.309 e. The van der Waals surface area contributed by atoms with E-state index in [0.29, 0.717) is 30.3 Å². The fourth-order valence-electron chi connectivity index (χ4n) is 3.44. The third-order valence-corrected chi connectivity index (χ3v) is 5.02. The molecule has 27 heavy (non-hydrogen) atoms. The van der Waals surface area contributed by atoms with E-state index in [1.807, 2.05) is 25.7 Å². The van der Waals surface area contributed by atoms with Crippen LogP contribution in [0.4, 0.5) is 10.1 Å². The van der Waals surface area contributed by atoms with Crippen LogP contribution in [0, 0.1) is 17.7 Å². The van der Waals surface area contributed by atoms with Crippen molar-refractivity contribution in [3.8, 4) is 0 Å². The minimum absolute atomic E-state index is 0.0495. The van der Waals surface area contributed by atoms with Gasteiger partial charge in [-0.15, -0.1) is 0 Å². The van der Waals surface area contributed by atoms with Crippen LogP contribution in [-0.4, -0.2) is 43.8 Å². The largest absolute Gasteiger partial charge is 0.455 e. The number of halogens is 1. The van der Waals surface area contributed by atoms with Gasteiger partial charge in [-0.2, -0.15) is 0 Å². The second kappa shape index (κ2) is 8.25. The van der Waals surface area contributed by atoms with Crippen molar-refractivity contribution < 1.29 is 23.5 Å². The fourth-order valence-corrected chi connectivity index (χ4v) is 3.44. The molecule has 7 heteroatoms. The van der Waals surface area contributed by atoms with E-state index >= 15 is 0 Å². The van der Waals surface area contributed by atoms with Crippen molar-refractivity contribution in [1.29, 1.82) is 0 Å². The second-order valence-electron chi connectivity index (χ2n) is 7.65. The molecule has 0 spiro atoms. The highest BCUT2D eigenvalue weighted by Gasteiger charge is 2.40. The van der Waals surface area contributed by atoms with Gasteiger partial charge in [-0.1, -0.05) is 13.0 Å². The molecule has 4 atom stereocenters. The lowest BCUT2D eigenvalue weighted by Crippen LogP contribution is -2.45. The molecular formula is C20H27FN2O4. The minimum atomic E-state index is -0.392. The molecule has 0 unspecified atom stereocenters. The summed E-state index contributed by atoms with van der Waals surface area (Å²) in [6.07, 6.45) is 0.925. The highest BCUT2D eigenvalue weighted by molar-refractivity contribution is 5.82. The van der Waals surface area contributed by atoms with Crippen molar-refractivity contribution in [2.75, 3.05) is 24.6 Å². The van der Waals surface area contributed by atoms with E-state index in [1.165, 1.54) is 6.07 Å². The van der Waals surface area contributed by atoms with Gasteiger partial charge in [-0.25, -0.2) is 4.39 Å². The quantitative estimate of drug-likeness (QED) is 0.769. The topological polar surface area (TPSA) is 67.9 Å². The Kier molecular flexibility index (Phi) is 5.99. The van der Waals surface area contributed by atoms with Gasteiger partial charge in [-0.05, 0) is 43.9 Å². The van der Waals surface area contributed by atoms with Crippen LogP contribution < -0.4 is 10.2 Å². The third kappa shape index (κ3) is 5.19. The van der Waals surface area contributed by atoms with Crippen LogP contribution in [0.5, 0.6) is 0 Å². The van der Waals surface area contributed by atoms with Crippen molar-refractivity contribution in [3.05, 3.63) is 29.6 Å². The number of esters is 1. The molecule has 1 aliphatic heterocycles. The summed E-state index contributed by atoms with van der Waals surface area (Å²) in [4.78, 5) is 25.4. The molecule has 2 aliphatic rings. The molecule has 0 bridgehead atoms. The molecule has 2 fully saturated rings. The van der Waals surface area contributed by atoms with Crippen molar-refractivity contribution in [2.45, 2.75) is 45.9 Å². The zero-order valence-corrected chi connectivity index (χ0v) is 16.0. The van der Waals surface area contributed by atoms with Crippen molar-refractivity contribution >= 4 is 17.6 Å². The van der Waals surface area contributed by atoms with Crippen LogP contribution in [0.25, 0.3) is 0 Å². The number of rotatable bonds is 6. The van der Waals surface area contributed by atoms with Gasteiger partial charge in [0.25, 0.3) is 5.91 Å². The number of carbonyl (C=O) groups excluding carboxylic acids is 2. The number of hydrogen-bond acceptors (Lipinski definition) is 5. The Morgan fingerprint density at radius 3 is 2.52 bits per heavy atom. The second-order valence-corrected chi connectivity index (χ2v) is 7.65. The Balaban J connectivity index is 1.48. The Morgan fingerprint density at radius 2 is 1.93 bits per heavy atom. The molecule has 1 saturated heterocycles. The SMILES string of the molecule is C[C@@H]1CN(c2ccc(CNC(=O)COC(=O)[C@@H]3C[C@@H]3C)cc2F)C[C@@H](C)O1. The molecule has 3 rings (SSSR count). The van der Waals surface area contributed by atoms with Crippen LogP contribution >= 0.6 is 0 Å². The molecule has 1 saturated carbocycles. The molecule has 1 amide bonds. The molecular weight excluding hydrogens is 351 g/mol. The van der Waals surface area contributed by atoms with Crippen molar-refractivity contribution in [3.63, 3.8) is 0 Å². The minimum Gasteiger partial charge on any atom is -0.455 e. The average Bonchev–Trinajstić information content (AvgIpc) is 3.34. The number of carbonyl (C=O) groups is 2. The number of hydrogen-bond donors (Lipinski definition) is 1. The van der Waals surface area contributed by atoms with Crippen LogP contribution in [0.15, 0.2) is 18.2 Å². The van der Waals surface area contributed by atoms with Gasteiger partial charge in [-0.3, -0.25) is 9.59 Å². The summed E-state index contributed by atoms with van der Waals surface area (Å²) in [5.74, 6) is -0.749. The molecule has 6 nitrogen and oxygen atoms in total. The number of nitrogens with zero attached hydrogens (tertiary/aromatic N) is 1. The van der Waals surface area contributed by atoms with Gasteiger partial charge in [0.15, 0.2) is 6.61 Å². The molecule has 1 aliphatic carbocycles. The maximum atomic E-state index is 14.5. The number of nitrogens with one attached hydrogen (secondary N) is 1. The van der Waals surface area contributed by atoms with Gasteiger partial charge in [0.05, 0.1) is 23.8 Å². The first kappa shape index (κ1) is 19.6. The molecule has 1 aromatic carbocycles. The molecule has 148 valence electrons. The summed E-state index contributed by atoms with van der Waals surface area (Å²) in [5, 5.41) is 2.65. The van der Waals surface area contributed by atoms with Crippen LogP contribution in [0.1, 0.15) is 32.8 Å². The summed E-state index contributed by atoms with van der Waals surface area (Å²) >= 11 is 0. The number of ether oxygens (including phenoxy) is 2. The summed E-state index contributed by atoms with van der Waals surface area (Å²) in [5.41, 5.74) is 1.20. The summed E-state index contributed by atoms with van der Waals surface area (Å²) in [6, 6.07) is 4.95. The standard InChI is InChI=1S/C20H27FN2O4/c1-12-6-16(12)20(25)26-11-19(24)22-8-15-4-5-18(17(21)7-15)23-9-13(2)27-14(3)10-23/h4-5,7,12-14,16H,6,8-11H2,1-3H3,(H,22,24)/t12-,13+,14+,16+/m0/s1. The van der Waals surface area contributed by atoms with Gasteiger partial charge < -0.3 is 19.7 Å². The van der Waals surface area contributed by atoms with Crippen LogP contribution in [-0.2, 0) is 25.6 Å². The summed E-state index contributed by atoms with van der Waals surface area (Å²) in [6.45, 7) is 7.09. The predicted octanol–water partition coefficient (Wildman–Crippen LogP) is 2.25. The van der Waals surface area contributed by atoms with Crippen molar-refractivity contribution in [2.24, 2.45) is 11.8 Å². The van der Waals surface area contributed by atoms with E-state index in [2.05, 4.69) is 5.32 Å². The maximum absolute atomic E-state index is 14.5. The first-order valence-corrected chi connectivity index (χ1v) is 9.45. The highest BCUT2D eigenvalue weighted by Crippen LogP contribution is 2.38. The van der Waals surface area contributed by atoms with Crippen LogP contribution in [0.3, 0.4) is 0 Å². The lowest BCUT2D eigenvalue weighted by atomic mass is 10.1. The van der Waals surface area contributed by atoms with E-state index < -0.39 is 5.91 Å². The van der Waals surface area contributed by atoms with Gasteiger partial charge in [0.2, 0.25) is 0 Å². The van der Waals surface area contributed by atoms with Gasteiger partial charge in [0.1, 0.15) is 5.82 Å². The monoisotopic (exact) mass is 378 g/mol. The number of benzene rings is 1. The van der Waals surface area contributed by atoms with Crippen molar-refractivity contribution in [1.82, 2.24) is 5.32 Å². The Labute approximate surface area is 159 Å². The first-order chi connectivity index (χ1) is 12.8. The van der Waals surface area contributed by atoms with E-state index in [-0.39, 0.29) is 43.1 Å². The molecule has 1 heterocycles. The smallest absolute Gasteiger partial charge is 0.309 e. The van der Waals surface area contributed by atoms with E-state index in [1.54, 1.807) is 12.1 Å². The first-order valence-electron chi connectivity index (χ1n) is 9.45. The Bertz CT molecular complexity index is 701. The lowest BCUT2D eigenvalue weighted by Gasteiger charge is -2.37. The summed E-state index contributed by atoms with van der Waals surface area (Å²) < 4.78 is 25.2. The average molecular weight is 378 g/mol. The highest BCUT2D eigenvalue weighted by atomic mass is 19.1. The zero-order valence-electron chi connectivity index (χ0n) is 16.0. The number of amides is 1. The third-order valence-electron chi connectivity index (χ3n) is 5.02. The Hall–Kier alpha value is -2.15. The lowest BCUT2D eigenvalue weighted by molar-refractivity contribution is -0.150. The Morgan fingerprint density at radius 1 is 1.26 bits per heavy atom. The molecule has 1 N–H and O–H groups in total. The summed E-state index contributed by atoms with van der Waals surface area (Å²) in [7, 11) is 0. The molecule has 1 aromatic rings. The van der Waals surface area contributed by atoms with Crippen LogP contribution in [0.2, 0.25) is 0 Å². The number of morpholine rings is 1. The van der Waals surface area contributed by atoms with Gasteiger partial charge in [0, 0.05) is 19.6 Å². The van der Waals surface area contributed by atoms with E-state index in [9.17, 15) is 14.0 Å². The van der Waals surface area contributed by atoms with Gasteiger partial charge >= 0.3 is 5.97 Å². The van der Waals surface area contributed by atoms with E-state index in [4.69, 9.17) is 9.47 Å². The molecule has 0 aromatic heterocycles. The van der Waals surface area contributed by atoms with E-state index in [0.717, 1.165) is 6.42 Å². The molecule has 0 radical (unpaired) electrons. The number of anilines is 1.